The molecule has 2 heterocycles. The van der Waals surface area contributed by atoms with Crippen molar-refractivity contribution in [3.8, 4) is 0 Å². The first kappa shape index (κ1) is 14.6. The van der Waals surface area contributed by atoms with Crippen LogP contribution in [0.15, 0.2) is 6.20 Å². The van der Waals surface area contributed by atoms with Crippen molar-refractivity contribution in [3.63, 3.8) is 0 Å². The molecule has 5 nitrogen and oxygen atoms in total. The number of nitrogens with zero attached hydrogens (tertiary/aromatic N) is 2. The topological polar surface area (TPSA) is 45.5 Å². The molecule has 1 fully saturated rings. The van der Waals surface area contributed by atoms with Gasteiger partial charge in [0.2, 0.25) is 0 Å². The van der Waals surface area contributed by atoms with Gasteiger partial charge in [-0.25, -0.2) is 0 Å². The van der Waals surface area contributed by atoms with Crippen molar-refractivity contribution in [1.29, 1.82) is 0 Å². The number of aryl methyl sites for hydroxylation is 1. The number of methoxy groups -OCH3 is 1. The molecule has 0 bridgehead atoms. The van der Waals surface area contributed by atoms with E-state index < -0.39 is 0 Å². The third-order valence-electron chi connectivity index (χ3n) is 4.02. The minimum Gasteiger partial charge on any atom is -0.399 e. The summed E-state index contributed by atoms with van der Waals surface area (Å²) in [5.41, 5.74) is 1.29. The molecule has 1 aliphatic heterocycles. The third kappa shape index (κ3) is 2.71. The fourth-order valence-corrected chi connectivity index (χ4v) is 2.03. The largest absolute Gasteiger partial charge is 0.498 e. The summed E-state index contributed by atoms with van der Waals surface area (Å²) >= 11 is 0. The Balaban J connectivity index is 2.18. The van der Waals surface area contributed by atoms with Crippen molar-refractivity contribution in [1.82, 2.24) is 9.78 Å². The van der Waals surface area contributed by atoms with Crippen LogP contribution >= 0.6 is 0 Å². The highest BCUT2D eigenvalue weighted by atomic mass is 16.7. The third-order valence-corrected chi connectivity index (χ3v) is 4.02. The lowest BCUT2D eigenvalue weighted by molar-refractivity contribution is 0.00578. The number of hydrogen-bond acceptors (Lipinski definition) is 4. The fraction of sp³-hybridized carbons (Fsp3) is 0.769. The van der Waals surface area contributed by atoms with Crippen molar-refractivity contribution in [2.24, 2.45) is 0 Å². The maximum atomic E-state index is 6.04. The van der Waals surface area contributed by atoms with Gasteiger partial charge in [-0.15, -0.1) is 0 Å². The molecule has 106 valence electrons. The monoisotopic (exact) mass is 266 g/mol. The minimum absolute atomic E-state index is 0.321. The van der Waals surface area contributed by atoms with Crippen LogP contribution in [0.4, 0.5) is 0 Å². The number of ether oxygens (including phenoxy) is 1. The van der Waals surface area contributed by atoms with E-state index in [9.17, 15) is 0 Å². The first-order valence-electron chi connectivity index (χ1n) is 6.65. The molecule has 19 heavy (non-hydrogen) atoms. The molecule has 1 aromatic rings. The molecule has 1 saturated heterocycles. The Hall–Kier alpha value is -0.845. The van der Waals surface area contributed by atoms with Crippen LogP contribution < -0.4 is 5.46 Å². The summed E-state index contributed by atoms with van der Waals surface area (Å²) in [5, 5.41) is 4.46. The summed E-state index contributed by atoms with van der Waals surface area (Å²) in [7, 11) is 1.34. The summed E-state index contributed by atoms with van der Waals surface area (Å²) in [6.45, 7) is 11.6. The van der Waals surface area contributed by atoms with Gasteiger partial charge in [0.1, 0.15) is 0 Å². The zero-order valence-corrected chi connectivity index (χ0v) is 12.7. The molecule has 0 atom stereocenters. The zero-order valence-electron chi connectivity index (χ0n) is 12.7. The Morgan fingerprint density at radius 3 is 2.37 bits per heavy atom. The van der Waals surface area contributed by atoms with Crippen LogP contribution in [0.1, 0.15) is 33.4 Å². The van der Waals surface area contributed by atoms with E-state index in [1.54, 1.807) is 7.11 Å². The van der Waals surface area contributed by atoms with Crippen LogP contribution in [-0.4, -0.2) is 41.8 Å². The van der Waals surface area contributed by atoms with E-state index in [-0.39, 0.29) is 18.3 Å². The number of hydrogen-bond donors (Lipinski definition) is 0. The molecule has 1 aromatic heterocycles. The summed E-state index contributed by atoms with van der Waals surface area (Å²) in [6.07, 6.45) is 1.98. The lowest BCUT2D eigenvalue weighted by Gasteiger charge is -2.32. The van der Waals surface area contributed by atoms with Gasteiger partial charge in [0, 0.05) is 18.8 Å². The highest BCUT2D eigenvalue weighted by Gasteiger charge is 2.52. The Morgan fingerprint density at radius 1 is 1.26 bits per heavy atom. The quantitative estimate of drug-likeness (QED) is 0.766. The van der Waals surface area contributed by atoms with Gasteiger partial charge < -0.3 is 14.0 Å². The molecule has 0 radical (unpaired) electrons. The molecular formula is C13H23BN2O3. The van der Waals surface area contributed by atoms with Gasteiger partial charge in [0.15, 0.2) is 0 Å². The Morgan fingerprint density at radius 2 is 1.84 bits per heavy atom. The van der Waals surface area contributed by atoms with Crippen LogP contribution in [0.5, 0.6) is 0 Å². The Bertz CT molecular complexity index is 441. The van der Waals surface area contributed by atoms with Crippen molar-refractivity contribution in [2.45, 2.75) is 52.4 Å². The molecule has 0 unspecified atom stereocenters. The van der Waals surface area contributed by atoms with Gasteiger partial charge in [-0.1, -0.05) is 0 Å². The fourth-order valence-electron chi connectivity index (χ4n) is 2.03. The van der Waals surface area contributed by atoms with E-state index >= 15 is 0 Å². The highest BCUT2D eigenvalue weighted by molar-refractivity contribution is 6.62. The normalized spacial score (nSPS) is 21.1. The summed E-state index contributed by atoms with van der Waals surface area (Å²) < 4.78 is 19.0. The van der Waals surface area contributed by atoms with E-state index in [2.05, 4.69) is 32.8 Å². The van der Waals surface area contributed by atoms with Gasteiger partial charge >= 0.3 is 7.12 Å². The summed E-state index contributed by atoms with van der Waals surface area (Å²) in [4.78, 5) is 0. The van der Waals surface area contributed by atoms with Crippen LogP contribution in [0.3, 0.4) is 0 Å². The summed E-state index contributed by atoms with van der Waals surface area (Å²) in [6, 6.07) is 0. The molecule has 6 heteroatoms. The predicted octanol–water partition coefficient (Wildman–Crippen LogP) is 1.14. The number of aromatic nitrogens is 2. The van der Waals surface area contributed by atoms with E-state index in [0.717, 1.165) is 17.7 Å². The van der Waals surface area contributed by atoms with E-state index in [1.165, 1.54) is 0 Å². The SMILES string of the molecule is COCCn1cc(B2OC(C)(C)C(C)(C)O2)c(C)n1. The first-order valence-corrected chi connectivity index (χ1v) is 6.65. The van der Waals surface area contributed by atoms with Gasteiger partial charge in [0.05, 0.1) is 30.0 Å². The van der Waals surface area contributed by atoms with Crippen LogP contribution in [0, 0.1) is 6.92 Å². The van der Waals surface area contributed by atoms with Gasteiger partial charge in [-0.2, -0.15) is 5.10 Å². The standard InChI is InChI=1S/C13H23BN2O3/c1-10-11(9-16(15-10)7-8-17-6)14-18-12(2,3)13(4,5)19-14/h9H,7-8H2,1-6H3. The lowest BCUT2D eigenvalue weighted by atomic mass is 9.79. The molecule has 0 aromatic carbocycles. The van der Waals surface area contributed by atoms with Gasteiger partial charge in [-0.05, 0) is 34.6 Å². The predicted molar refractivity (Wildman–Crippen MR) is 74.6 cm³/mol. The van der Waals surface area contributed by atoms with Crippen molar-refractivity contribution in [3.05, 3.63) is 11.9 Å². The first-order chi connectivity index (χ1) is 8.77. The second kappa shape index (κ2) is 4.92. The maximum absolute atomic E-state index is 6.04. The molecule has 0 amide bonds. The van der Waals surface area contributed by atoms with Crippen LogP contribution in [-0.2, 0) is 20.6 Å². The Labute approximate surface area is 115 Å². The zero-order chi connectivity index (χ0) is 14.3. The molecule has 0 saturated carbocycles. The molecule has 0 N–H and O–H groups in total. The molecule has 0 aliphatic carbocycles. The smallest absolute Gasteiger partial charge is 0.399 e. The van der Waals surface area contributed by atoms with E-state index in [4.69, 9.17) is 14.0 Å². The average Bonchev–Trinajstić information content (AvgIpc) is 2.75. The van der Waals surface area contributed by atoms with Crippen LogP contribution in [0.2, 0.25) is 0 Å². The van der Waals surface area contributed by atoms with Crippen molar-refractivity contribution < 1.29 is 14.0 Å². The van der Waals surface area contributed by atoms with E-state index in [1.807, 2.05) is 17.8 Å². The molecule has 0 spiro atoms. The van der Waals surface area contributed by atoms with Gasteiger partial charge in [-0.3, -0.25) is 4.68 Å². The second-order valence-corrected chi connectivity index (χ2v) is 6.01. The summed E-state index contributed by atoms with van der Waals surface area (Å²) in [5.74, 6) is 0. The molecule has 2 rings (SSSR count). The second-order valence-electron chi connectivity index (χ2n) is 6.01. The maximum Gasteiger partial charge on any atom is 0.498 e. The number of rotatable bonds is 4. The highest BCUT2D eigenvalue weighted by Crippen LogP contribution is 2.36. The average molecular weight is 266 g/mol. The van der Waals surface area contributed by atoms with Gasteiger partial charge in [0.25, 0.3) is 0 Å². The molecule has 1 aliphatic rings. The van der Waals surface area contributed by atoms with Crippen LogP contribution in [0.25, 0.3) is 0 Å². The Kier molecular flexibility index (Phi) is 3.77. The minimum atomic E-state index is -0.346. The molecular weight excluding hydrogens is 243 g/mol. The van der Waals surface area contributed by atoms with Crippen molar-refractivity contribution >= 4 is 12.6 Å². The lowest BCUT2D eigenvalue weighted by Crippen LogP contribution is -2.41. The van der Waals surface area contributed by atoms with Crippen molar-refractivity contribution in [2.75, 3.05) is 13.7 Å². The van der Waals surface area contributed by atoms with E-state index in [0.29, 0.717) is 6.61 Å².